The van der Waals surface area contributed by atoms with Crippen LogP contribution in [-0.4, -0.2) is 5.38 Å². The van der Waals surface area contributed by atoms with Crippen LogP contribution in [0.15, 0.2) is 72.8 Å². The van der Waals surface area contributed by atoms with Gasteiger partial charge in [-0.2, -0.15) is 0 Å². The molecule has 1 aliphatic rings. The van der Waals surface area contributed by atoms with Crippen LogP contribution in [0.2, 0.25) is 0 Å². The van der Waals surface area contributed by atoms with Crippen LogP contribution in [0.3, 0.4) is 0 Å². The minimum atomic E-state index is -0.310. The minimum absolute atomic E-state index is 0.133. The van der Waals surface area contributed by atoms with Crippen LogP contribution in [-0.2, 0) is 6.42 Å². The molecule has 0 aliphatic heterocycles. The van der Waals surface area contributed by atoms with Crippen LogP contribution in [0.1, 0.15) is 69.1 Å². The van der Waals surface area contributed by atoms with Gasteiger partial charge in [0.05, 0.1) is 10.8 Å². The highest BCUT2D eigenvalue weighted by molar-refractivity contribution is 6.23. The molecule has 1 aliphatic carbocycles. The fraction of sp³-hybridized carbons (Fsp3) is 0.379. The van der Waals surface area contributed by atoms with Crippen molar-refractivity contribution in [3.63, 3.8) is 0 Å². The van der Waals surface area contributed by atoms with E-state index in [1.54, 1.807) is 0 Å². The summed E-state index contributed by atoms with van der Waals surface area (Å²) in [5.74, 6) is 7.02. The van der Waals surface area contributed by atoms with Gasteiger partial charge < -0.3 is 0 Å². The van der Waals surface area contributed by atoms with Gasteiger partial charge >= 0.3 is 0 Å². The molecule has 2 unspecified atom stereocenters. The molecule has 2 aromatic carbocycles. The first-order chi connectivity index (χ1) is 14.7. The molecular formula is C29H33Cl. The van der Waals surface area contributed by atoms with Gasteiger partial charge in [0, 0.05) is 5.56 Å². The maximum atomic E-state index is 6.98. The first-order valence-corrected chi connectivity index (χ1v) is 11.8. The largest absolute Gasteiger partial charge is 0.116 e. The number of halogens is 1. The molecule has 0 bridgehead atoms. The van der Waals surface area contributed by atoms with Crippen LogP contribution in [0, 0.1) is 17.3 Å². The number of allylic oxidation sites excluding steroid dienone is 4. The number of hydrogen-bond donors (Lipinski definition) is 0. The SMILES string of the molecule is CCCCCC1(C#Cc2ccc(CCCC)cc2)C=CC(c2ccccc2)=CC1Cl. The van der Waals surface area contributed by atoms with E-state index in [0.717, 1.165) is 24.8 Å². The lowest BCUT2D eigenvalue weighted by Crippen LogP contribution is -2.29. The monoisotopic (exact) mass is 416 g/mol. The molecule has 0 nitrogen and oxygen atoms in total. The van der Waals surface area contributed by atoms with E-state index in [9.17, 15) is 0 Å². The zero-order chi connectivity index (χ0) is 21.2. The number of hydrogen-bond acceptors (Lipinski definition) is 0. The first kappa shape index (κ1) is 22.5. The molecule has 3 rings (SSSR count). The molecule has 0 heterocycles. The molecule has 0 N–H and O–H groups in total. The highest BCUT2D eigenvalue weighted by Crippen LogP contribution is 2.40. The number of rotatable bonds is 8. The quantitative estimate of drug-likeness (QED) is 0.231. The van der Waals surface area contributed by atoms with Crippen molar-refractivity contribution in [2.24, 2.45) is 5.41 Å². The van der Waals surface area contributed by atoms with E-state index in [0.29, 0.717) is 0 Å². The van der Waals surface area contributed by atoms with E-state index >= 15 is 0 Å². The van der Waals surface area contributed by atoms with Crippen molar-refractivity contribution >= 4 is 17.2 Å². The second-order valence-corrected chi connectivity index (χ2v) is 8.74. The third-order valence-electron chi connectivity index (χ3n) is 5.89. The summed E-state index contributed by atoms with van der Waals surface area (Å²) in [5.41, 5.74) is 4.54. The number of unbranched alkanes of at least 4 members (excludes halogenated alkanes) is 3. The Hall–Kier alpha value is -2.23. The Morgan fingerprint density at radius 1 is 0.900 bits per heavy atom. The molecule has 2 atom stereocenters. The van der Waals surface area contributed by atoms with Crippen LogP contribution < -0.4 is 0 Å². The standard InChI is InChI=1S/C29H33Cl/c1-3-5-10-20-29(21-18-25-16-14-24(15-17-25)11-6-4-2)22-19-27(23-28(29)30)26-12-8-7-9-13-26/h7-9,12-17,19,22-23,28H,3-6,10-11,20H2,1-2H3. The van der Waals surface area contributed by atoms with Crippen molar-refractivity contribution in [2.75, 3.05) is 0 Å². The normalized spacial score (nSPS) is 20.4. The van der Waals surface area contributed by atoms with Gasteiger partial charge in [-0.15, -0.1) is 11.6 Å². The fourth-order valence-electron chi connectivity index (χ4n) is 3.90. The third kappa shape index (κ3) is 5.90. The van der Waals surface area contributed by atoms with E-state index in [-0.39, 0.29) is 10.8 Å². The van der Waals surface area contributed by atoms with Gasteiger partial charge in [-0.3, -0.25) is 0 Å². The molecule has 30 heavy (non-hydrogen) atoms. The van der Waals surface area contributed by atoms with E-state index in [1.165, 1.54) is 42.4 Å². The third-order valence-corrected chi connectivity index (χ3v) is 6.41. The summed E-state index contributed by atoms with van der Waals surface area (Å²) in [6.45, 7) is 4.47. The fourth-order valence-corrected chi connectivity index (χ4v) is 4.27. The zero-order valence-electron chi connectivity index (χ0n) is 18.3. The van der Waals surface area contributed by atoms with Crippen molar-refractivity contribution in [1.29, 1.82) is 0 Å². The van der Waals surface area contributed by atoms with E-state index in [1.807, 2.05) is 6.07 Å². The average molecular weight is 417 g/mol. The van der Waals surface area contributed by atoms with Gasteiger partial charge in [0.25, 0.3) is 0 Å². The van der Waals surface area contributed by atoms with Crippen LogP contribution >= 0.6 is 11.6 Å². The van der Waals surface area contributed by atoms with Gasteiger partial charge in [0.2, 0.25) is 0 Å². The predicted molar refractivity (Wildman–Crippen MR) is 132 cm³/mol. The summed E-state index contributed by atoms with van der Waals surface area (Å²) >= 11 is 6.98. The maximum Gasteiger partial charge on any atom is 0.0726 e. The van der Waals surface area contributed by atoms with Crippen molar-refractivity contribution in [3.8, 4) is 11.8 Å². The molecule has 156 valence electrons. The van der Waals surface area contributed by atoms with E-state index in [4.69, 9.17) is 11.6 Å². The molecule has 2 aromatic rings. The Labute approximate surface area is 188 Å². The summed E-state index contributed by atoms with van der Waals surface area (Å²) in [6.07, 6.45) is 14.8. The molecule has 0 amide bonds. The lowest BCUT2D eigenvalue weighted by atomic mass is 9.75. The lowest BCUT2D eigenvalue weighted by Gasteiger charge is -2.32. The van der Waals surface area contributed by atoms with E-state index in [2.05, 4.69) is 92.4 Å². The van der Waals surface area contributed by atoms with Crippen molar-refractivity contribution in [1.82, 2.24) is 0 Å². The molecule has 0 saturated heterocycles. The number of benzene rings is 2. The van der Waals surface area contributed by atoms with Crippen molar-refractivity contribution < 1.29 is 0 Å². The predicted octanol–water partition coefficient (Wildman–Crippen LogP) is 8.21. The highest BCUT2D eigenvalue weighted by atomic mass is 35.5. The zero-order valence-corrected chi connectivity index (χ0v) is 19.1. The van der Waals surface area contributed by atoms with Crippen LogP contribution in [0.25, 0.3) is 5.57 Å². The van der Waals surface area contributed by atoms with Gasteiger partial charge in [0.1, 0.15) is 0 Å². The second kappa shape index (κ2) is 11.2. The average Bonchev–Trinajstić information content (AvgIpc) is 2.79. The summed E-state index contributed by atoms with van der Waals surface area (Å²) < 4.78 is 0. The second-order valence-electron chi connectivity index (χ2n) is 8.27. The summed E-state index contributed by atoms with van der Waals surface area (Å²) in [4.78, 5) is 0. The first-order valence-electron chi connectivity index (χ1n) is 11.4. The highest BCUT2D eigenvalue weighted by Gasteiger charge is 2.34. The Morgan fingerprint density at radius 3 is 2.30 bits per heavy atom. The summed E-state index contributed by atoms with van der Waals surface area (Å²) in [5, 5.41) is -0.133. The number of alkyl halides is 1. The summed E-state index contributed by atoms with van der Waals surface area (Å²) in [6, 6.07) is 19.2. The molecule has 0 aromatic heterocycles. The molecule has 0 radical (unpaired) electrons. The van der Waals surface area contributed by atoms with Crippen LogP contribution in [0.4, 0.5) is 0 Å². The van der Waals surface area contributed by atoms with Gasteiger partial charge in [-0.25, -0.2) is 0 Å². The van der Waals surface area contributed by atoms with E-state index < -0.39 is 0 Å². The Kier molecular flexibility index (Phi) is 8.41. The molecule has 0 saturated carbocycles. The number of aryl methyl sites for hydroxylation is 1. The van der Waals surface area contributed by atoms with Gasteiger partial charge in [-0.1, -0.05) is 112 Å². The molecule has 1 heteroatoms. The van der Waals surface area contributed by atoms with Gasteiger partial charge in [0.15, 0.2) is 0 Å². The molecular weight excluding hydrogens is 384 g/mol. The Morgan fingerprint density at radius 2 is 1.63 bits per heavy atom. The van der Waals surface area contributed by atoms with Crippen molar-refractivity contribution in [3.05, 3.63) is 89.5 Å². The van der Waals surface area contributed by atoms with Gasteiger partial charge in [-0.05, 0) is 48.1 Å². The summed E-state index contributed by atoms with van der Waals surface area (Å²) in [7, 11) is 0. The maximum absolute atomic E-state index is 6.98. The molecule has 0 spiro atoms. The molecule has 0 fully saturated rings. The van der Waals surface area contributed by atoms with Crippen molar-refractivity contribution in [2.45, 2.75) is 64.2 Å². The smallest absolute Gasteiger partial charge is 0.0726 e. The lowest BCUT2D eigenvalue weighted by molar-refractivity contribution is 0.449. The Bertz CT molecular complexity index is 908. The minimum Gasteiger partial charge on any atom is -0.116 e. The van der Waals surface area contributed by atoms with Crippen LogP contribution in [0.5, 0.6) is 0 Å². The Balaban J connectivity index is 1.83. The topological polar surface area (TPSA) is 0 Å².